The lowest BCUT2D eigenvalue weighted by atomic mass is 9.94. The third kappa shape index (κ3) is 4.56. The van der Waals surface area contributed by atoms with Crippen LogP contribution in [0.5, 0.6) is 0 Å². The van der Waals surface area contributed by atoms with Crippen molar-refractivity contribution in [3.8, 4) is 0 Å². The summed E-state index contributed by atoms with van der Waals surface area (Å²) in [6.45, 7) is 2.21. The van der Waals surface area contributed by atoms with Crippen molar-refractivity contribution in [1.29, 1.82) is 0 Å². The zero-order valence-electron chi connectivity index (χ0n) is 19.8. The molecule has 1 aliphatic rings. The van der Waals surface area contributed by atoms with Gasteiger partial charge in [0.05, 0.1) is 23.8 Å². The van der Waals surface area contributed by atoms with Gasteiger partial charge < -0.3 is 14.3 Å². The molecular weight excluding hydrogens is 538 g/mol. The third-order valence-corrected chi connectivity index (χ3v) is 6.58. The van der Waals surface area contributed by atoms with Crippen molar-refractivity contribution in [1.82, 2.24) is 0 Å². The van der Waals surface area contributed by atoms with Crippen molar-refractivity contribution in [3.05, 3.63) is 112 Å². The molecule has 1 unspecified atom stereocenters. The normalized spacial score (nSPS) is 15.5. The minimum atomic E-state index is -0.904. The van der Waals surface area contributed by atoms with Crippen molar-refractivity contribution >= 4 is 50.2 Å². The van der Waals surface area contributed by atoms with E-state index in [9.17, 15) is 19.5 Å². The largest absolute Gasteiger partial charge is 0.503 e. The maximum atomic E-state index is 13.7. The molecule has 0 fully saturated rings. The number of furan rings is 1. The molecule has 0 radical (unpaired) electrons. The quantitative estimate of drug-likeness (QED) is 0.204. The number of carbonyl (C=O) groups excluding carboxylic acids is 3. The Kier molecular flexibility index (Phi) is 6.67. The summed E-state index contributed by atoms with van der Waals surface area (Å²) in [5.41, 5.74) is 1.81. The number of anilines is 1. The number of ether oxygens (including phenoxy) is 1. The number of Topliss-reactive ketones (excluding diaryl/α,β-unsaturated/α-hetero) is 1. The summed E-state index contributed by atoms with van der Waals surface area (Å²) >= 11 is 3.41. The predicted octanol–water partition coefficient (Wildman–Crippen LogP) is 6.55. The molecule has 0 aliphatic carbocycles. The predicted molar refractivity (Wildman–Crippen MR) is 142 cm³/mol. The highest BCUT2D eigenvalue weighted by Gasteiger charge is 2.45. The van der Waals surface area contributed by atoms with Gasteiger partial charge in [-0.3, -0.25) is 14.5 Å². The number of amides is 1. The Morgan fingerprint density at radius 1 is 1.03 bits per heavy atom. The number of nitrogens with zero attached hydrogens (tertiary/aromatic N) is 1. The van der Waals surface area contributed by atoms with Gasteiger partial charge >= 0.3 is 5.97 Å². The van der Waals surface area contributed by atoms with Crippen LogP contribution in [0, 0.1) is 0 Å². The van der Waals surface area contributed by atoms with Crippen LogP contribution >= 0.6 is 15.9 Å². The van der Waals surface area contributed by atoms with E-state index in [2.05, 4.69) is 15.9 Å². The van der Waals surface area contributed by atoms with Crippen molar-refractivity contribution in [3.63, 3.8) is 0 Å². The second-order valence-electron chi connectivity index (χ2n) is 8.56. The highest BCUT2D eigenvalue weighted by atomic mass is 79.9. The van der Waals surface area contributed by atoms with Crippen LogP contribution in [0.3, 0.4) is 0 Å². The number of rotatable bonds is 7. The molecule has 1 aromatic heterocycles. The van der Waals surface area contributed by atoms with E-state index in [0.717, 1.165) is 4.47 Å². The van der Waals surface area contributed by atoms with Crippen LogP contribution in [0.15, 0.2) is 99.1 Å². The van der Waals surface area contributed by atoms with Gasteiger partial charge in [-0.15, -0.1) is 0 Å². The molecule has 0 saturated heterocycles. The summed E-state index contributed by atoms with van der Waals surface area (Å²) in [6, 6.07) is 21.3. The monoisotopic (exact) mass is 559 g/mol. The molecule has 8 heteroatoms. The first-order valence-corrected chi connectivity index (χ1v) is 12.5. The first-order chi connectivity index (χ1) is 17.9. The van der Waals surface area contributed by atoms with E-state index in [-0.39, 0.29) is 11.3 Å². The smallest absolute Gasteiger partial charge is 0.338 e. The van der Waals surface area contributed by atoms with E-state index >= 15 is 0 Å². The lowest BCUT2D eigenvalue weighted by Gasteiger charge is -2.26. The van der Waals surface area contributed by atoms with Crippen LogP contribution in [0.2, 0.25) is 0 Å². The average molecular weight is 560 g/mol. The van der Waals surface area contributed by atoms with E-state index in [1.54, 1.807) is 66.7 Å². The average Bonchev–Trinajstić information content (AvgIpc) is 3.45. The van der Waals surface area contributed by atoms with Crippen molar-refractivity contribution in [2.24, 2.45) is 0 Å². The van der Waals surface area contributed by atoms with Gasteiger partial charge in [-0.1, -0.05) is 53.2 Å². The van der Waals surface area contributed by atoms with Gasteiger partial charge in [0.2, 0.25) is 5.78 Å². The van der Waals surface area contributed by atoms with Gasteiger partial charge in [0.25, 0.3) is 5.91 Å². The lowest BCUT2D eigenvalue weighted by molar-refractivity contribution is -0.117. The highest BCUT2D eigenvalue weighted by Crippen LogP contribution is 2.42. The molecule has 0 spiro atoms. The first kappa shape index (κ1) is 24.5. The molecule has 7 nitrogen and oxygen atoms in total. The van der Waals surface area contributed by atoms with Crippen LogP contribution in [0.4, 0.5) is 5.69 Å². The fourth-order valence-electron chi connectivity index (χ4n) is 4.35. The SMILES string of the molecule is CCCOC(=O)c1ccc(N2C(=O)C(O)=C(C(=O)c3cc4cc(Br)ccc4o3)C2c2ccccc2)cc1. The molecule has 37 heavy (non-hydrogen) atoms. The van der Waals surface area contributed by atoms with E-state index in [1.807, 2.05) is 19.1 Å². The van der Waals surface area contributed by atoms with Crippen molar-refractivity contribution < 1.29 is 28.6 Å². The molecule has 5 rings (SSSR count). The molecule has 2 heterocycles. The number of fused-ring (bicyclic) bond motifs is 1. The van der Waals surface area contributed by atoms with Crippen LogP contribution in [-0.4, -0.2) is 29.4 Å². The number of esters is 1. The van der Waals surface area contributed by atoms with Crippen LogP contribution in [-0.2, 0) is 9.53 Å². The molecule has 1 atom stereocenters. The van der Waals surface area contributed by atoms with Gasteiger partial charge in [0, 0.05) is 15.5 Å². The third-order valence-electron chi connectivity index (χ3n) is 6.09. The molecule has 4 aromatic rings. The van der Waals surface area contributed by atoms with Crippen LogP contribution in [0.1, 0.15) is 45.9 Å². The summed E-state index contributed by atoms with van der Waals surface area (Å²) in [4.78, 5) is 40.6. The van der Waals surface area contributed by atoms with E-state index in [4.69, 9.17) is 9.15 Å². The number of halogens is 1. The molecule has 1 N–H and O–H groups in total. The Morgan fingerprint density at radius 2 is 1.76 bits per heavy atom. The molecule has 186 valence electrons. The Balaban J connectivity index is 1.55. The molecule has 1 aliphatic heterocycles. The maximum absolute atomic E-state index is 13.7. The van der Waals surface area contributed by atoms with Gasteiger partial charge in [-0.2, -0.15) is 0 Å². The molecule has 1 amide bonds. The van der Waals surface area contributed by atoms with Gasteiger partial charge in [0.15, 0.2) is 11.5 Å². The summed E-state index contributed by atoms with van der Waals surface area (Å²) in [6.07, 6.45) is 0.703. The Labute approximate surface area is 221 Å². The summed E-state index contributed by atoms with van der Waals surface area (Å²) in [7, 11) is 0. The van der Waals surface area contributed by atoms with E-state index in [0.29, 0.717) is 40.8 Å². The van der Waals surface area contributed by atoms with Gasteiger partial charge in [-0.05, 0) is 60.5 Å². The fraction of sp³-hybridized carbons (Fsp3) is 0.138. The second kappa shape index (κ2) is 10.1. The minimum Gasteiger partial charge on any atom is -0.503 e. The number of hydrogen-bond donors (Lipinski definition) is 1. The van der Waals surface area contributed by atoms with E-state index < -0.39 is 29.5 Å². The number of aliphatic hydroxyl groups excluding tert-OH is 1. The second-order valence-corrected chi connectivity index (χ2v) is 9.47. The number of hydrogen-bond acceptors (Lipinski definition) is 6. The fourth-order valence-corrected chi connectivity index (χ4v) is 4.73. The molecule has 0 bridgehead atoms. The van der Waals surface area contributed by atoms with E-state index in [1.165, 1.54) is 4.90 Å². The summed E-state index contributed by atoms with van der Waals surface area (Å²) < 4.78 is 11.8. The first-order valence-electron chi connectivity index (χ1n) is 11.7. The van der Waals surface area contributed by atoms with Gasteiger partial charge in [0.1, 0.15) is 5.58 Å². The van der Waals surface area contributed by atoms with Crippen LogP contribution < -0.4 is 4.90 Å². The highest BCUT2D eigenvalue weighted by molar-refractivity contribution is 9.10. The lowest BCUT2D eigenvalue weighted by Crippen LogP contribution is -2.31. The Hall–Kier alpha value is -4.17. The zero-order chi connectivity index (χ0) is 26.1. The number of aliphatic hydroxyl groups is 1. The van der Waals surface area contributed by atoms with Crippen molar-refractivity contribution in [2.75, 3.05) is 11.5 Å². The molecule has 3 aromatic carbocycles. The number of benzene rings is 3. The standard InChI is InChI=1S/C29H22BrNO6/c1-2-14-36-29(35)18-8-11-21(12-9-18)31-25(17-6-4-3-5-7-17)24(27(33)28(31)34)26(32)23-16-19-15-20(30)10-13-22(19)37-23/h3-13,15-16,25,33H,2,14H2,1H3. The summed E-state index contributed by atoms with van der Waals surface area (Å²) in [5, 5.41) is 11.7. The number of carbonyl (C=O) groups is 3. The Bertz CT molecular complexity index is 1540. The molecule has 0 saturated carbocycles. The van der Waals surface area contributed by atoms with Crippen molar-refractivity contribution in [2.45, 2.75) is 19.4 Å². The zero-order valence-corrected chi connectivity index (χ0v) is 21.4. The minimum absolute atomic E-state index is 0.0132. The maximum Gasteiger partial charge on any atom is 0.338 e. The number of ketones is 1. The van der Waals surface area contributed by atoms with Crippen LogP contribution in [0.25, 0.3) is 11.0 Å². The van der Waals surface area contributed by atoms with Gasteiger partial charge in [-0.25, -0.2) is 4.79 Å². The molecular formula is C29H22BrNO6. The topological polar surface area (TPSA) is 97.0 Å². The Morgan fingerprint density at radius 3 is 2.46 bits per heavy atom. The summed E-state index contributed by atoms with van der Waals surface area (Å²) in [5.74, 6) is -2.41.